The Kier molecular flexibility index (Phi) is 3.38. The molecule has 0 bridgehead atoms. The number of anilines is 1. The fourth-order valence-corrected chi connectivity index (χ4v) is 2.29. The van der Waals surface area contributed by atoms with Gasteiger partial charge >= 0.3 is 0 Å². The molecule has 1 aromatic heterocycles. The molecule has 2 heterocycles. The van der Waals surface area contributed by atoms with E-state index < -0.39 is 23.0 Å². The number of hydrogen-bond acceptors (Lipinski definition) is 3. The molecule has 1 unspecified atom stereocenters. The lowest BCUT2D eigenvalue weighted by Crippen LogP contribution is -2.39. The van der Waals surface area contributed by atoms with E-state index in [9.17, 15) is 18.0 Å². The molecular formula is C12H14F3N3O. The molecule has 19 heavy (non-hydrogen) atoms. The van der Waals surface area contributed by atoms with Crippen LogP contribution < -0.4 is 10.2 Å². The first kappa shape index (κ1) is 13.6. The summed E-state index contributed by atoms with van der Waals surface area (Å²) >= 11 is 0. The van der Waals surface area contributed by atoms with Crippen molar-refractivity contribution < 1.29 is 18.0 Å². The fourth-order valence-electron chi connectivity index (χ4n) is 2.29. The van der Waals surface area contributed by atoms with Crippen molar-refractivity contribution in [3.05, 3.63) is 23.6 Å². The molecule has 1 aromatic rings. The van der Waals surface area contributed by atoms with Crippen LogP contribution in [0.5, 0.6) is 0 Å². The maximum atomic E-state index is 13.6. The monoisotopic (exact) mass is 273 g/mol. The summed E-state index contributed by atoms with van der Waals surface area (Å²) in [6, 6.07) is 0.465. The number of nitrogens with one attached hydrogen (secondary N) is 1. The molecule has 1 amide bonds. The Labute approximate surface area is 108 Å². The van der Waals surface area contributed by atoms with E-state index >= 15 is 0 Å². The van der Waals surface area contributed by atoms with Crippen LogP contribution in [0.4, 0.5) is 19.0 Å². The van der Waals surface area contributed by atoms with E-state index in [2.05, 4.69) is 10.3 Å². The smallest absolute Gasteiger partial charge is 0.251 e. The van der Waals surface area contributed by atoms with Gasteiger partial charge in [-0.15, -0.1) is 0 Å². The Morgan fingerprint density at radius 2 is 2.11 bits per heavy atom. The van der Waals surface area contributed by atoms with E-state index in [0.29, 0.717) is 19.0 Å². The van der Waals surface area contributed by atoms with Crippen molar-refractivity contribution in [3.8, 4) is 0 Å². The van der Waals surface area contributed by atoms with Crippen LogP contribution in [-0.4, -0.2) is 31.0 Å². The largest absolute Gasteiger partial charge is 0.359 e. The molecule has 1 fully saturated rings. The standard InChI is InChI=1S/C12H14F3N3O/c1-12(11(19)16-2)3-4-18(6-12)10-8(14)5-7(13)9(15)17-10/h5H,3-4,6H2,1-2H3,(H,16,19). The van der Waals surface area contributed by atoms with Gasteiger partial charge in [-0.3, -0.25) is 4.79 Å². The molecule has 104 valence electrons. The van der Waals surface area contributed by atoms with E-state index in [-0.39, 0.29) is 18.3 Å². The maximum Gasteiger partial charge on any atom is 0.251 e. The van der Waals surface area contributed by atoms with Crippen LogP contribution in [0.25, 0.3) is 0 Å². The highest BCUT2D eigenvalue weighted by molar-refractivity contribution is 5.83. The van der Waals surface area contributed by atoms with Crippen molar-refractivity contribution in [1.29, 1.82) is 0 Å². The predicted octanol–water partition coefficient (Wildman–Crippen LogP) is 1.46. The molecule has 0 aromatic carbocycles. The van der Waals surface area contributed by atoms with Gasteiger partial charge in [0.1, 0.15) is 0 Å². The number of pyridine rings is 1. The number of aromatic nitrogens is 1. The van der Waals surface area contributed by atoms with Crippen molar-refractivity contribution >= 4 is 11.7 Å². The topological polar surface area (TPSA) is 45.2 Å². The van der Waals surface area contributed by atoms with Gasteiger partial charge in [0.25, 0.3) is 5.95 Å². The summed E-state index contributed by atoms with van der Waals surface area (Å²) in [7, 11) is 1.52. The van der Waals surface area contributed by atoms with E-state index in [4.69, 9.17) is 0 Å². The second-order valence-electron chi connectivity index (χ2n) is 4.88. The van der Waals surface area contributed by atoms with Gasteiger partial charge in [0.15, 0.2) is 17.5 Å². The molecule has 7 heteroatoms. The quantitative estimate of drug-likeness (QED) is 0.830. The van der Waals surface area contributed by atoms with Crippen molar-refractivity contribution in [3.63, 3.8) is 0 Å². The number of hydrogen-bond donors (Lipinski definition) is 1. The molecule has 0 saturated carbocycles. The molecule has 0 radical (unpaired) electrons. The van der Waals surface area contributed by atoms with E-state index in [0.717, 1.165) is 0 Å². The molecule has 4 nitrogen and oxygen atoms in total. The third-order valence-electron chi connectivity index (χ3n) is 3.42. The first-order valence-corrected chi connectivity index (χ1v) is 5.86. The number of nitrogens with zero attached hydrogens (tertiary/aromatic N) is 2. The van der Waals surface area contributed by atoms with Crippen LogP contribution in [0.2, 0.25) is 0 Å². The van der Waals surface area contributed by atoms with Gasteiger partial charge < -0.3 is 10.2 Å². The second-order valence-corrected chi connectivity index (χ2v) is 4.88. The SMILES string of the molecule is CNC(=O)C1(C)CCN(c2nc(F)c(F)cc2F)C1. The minimum absolute atomic E-state index is 0.169. The first-order chi connectivity index (χ1) is 8.87. The summed E-state index contributed by atoms with van der Waals surface area (Å²) in [6.07, 6.45) is 0.493. The van der Waals surface area contributed by atoms with Crippen LogP contribution in [0, 0.1) is 23.0 Å². The summed E-state index contributed by atoms with van der Waals surface area (Å²) < 4.78 is 39.5. The molecule has 1 aliphatic rings. The number of carbonyl (C=O) groups is 1. The number of rotatable bonds is 2. The lowest BCUT2D eigenvalue weighted by molar-refractivity contribution is -0.128. The lowest BCUT2D eigenvalue weighted by Gasteiger charge is -2.23. The van der Waals surface area contributed by atoms with Gasteiger partial charge in [-0.05, 0) is 13.3 Å². The average Bonchev–Trinajstić information content (AvgIpc) is 2.76. The molecule has 1 N–H and O–H groups in total. The van der Waals surface area contributed by atoms with E-state index in [1.807, 2.05) is 0 Å². The highest BCUT2D eigenvalue weighted by Gasteiger charge is 2.41. The number of carbonyl (C=O) groups excluding carboxylic acids is 1. The van der Waals surface area contributed by atoms with Crippen molar-refractivity contribution in [1.82, 2.24) is 10.3 Å². The lowest BCUT2D eigenvalue weighted by atomic mass is 9.89. The Balaban J connectivity index is 2.26. The van der Waals surface area contributed by atoms with Crippen LogP contribution in [0.1, 0.15) is 13.3 Å². The average molecular weight is 273 g/mol. The molecule has 1 saturated heterocycles. The molecule has 1 aliphatic heterocycles. The molecule has 1 atom stereocenters. The minimum atomic E-state index is -1.34. The summed E-state index contributed by atoms with van der Waals surface area (Å²) in [5, 5.41) is 2.54. The van der Waals surface area contributed by atoms with Crippen LogP contribution >= 0.6 is 0 Å². The minimum Gasteiger partial charge on any atom is -0.359 e. The van der Waals surface area contributed by atoms with Gasteiger partial charge in [-0.1, -0.05) is 0 Å². The van der Waals surface area contributed by atoms with Crippen molar-refractivity contribution in [2.24, 2.45) is 5.41 Å². The zero-order valence-electron chi connectivity index (χ0n) is 10.6. The van der Waals surface area contributed by atoms with E-state index in [1.54, 1.807) is 6.92 Å². The van der Waals surface area contributed by atoms with Gasteiger partial charge in [-0.2, -0.15) is 9.37 Å². The zero-order valence-corrected chi connectivity index (χ0v) is 10.6. The first-order valence-electron chi connectivity index (χ1n) is 5.86. The Morgan fingerprint density at radius 3 is 2.74 bits per heavy atom. The molecule has 2 rings (SSSR count). The van der Waals surface area contributed by atoms with Crippen molar-refractivity contribution in [2.75, 3.05) is 25.0 Å². The van der Waals surface area contributed by atoms with Gasteiger partial charge in [-0.25, -0.2) is 8.78 Å². The predicted molar refractivity (Wildman–Crippen MR) is 63.1 cm³/mol. The number of halogens is 3. The Morgan fingerprint density at radius 1 is 1.42 bits per heavy atom. The van der Waals surface area contributed by atoms with Gasteiger partial charge in [0.2, 0.25) is 5.91 Å². The third-order valence-corrected chi connectivity index (χ3v) is 3.42. The Hall–Kier alpha value is -1.79. The van der Waals surface area contributed by atoms with Crippen LogP contribution in [0.15, 0.2) is 6.07 Å². The fraction of sp³-hybridized carbons (Fsp3) is 0.500. The summed E-state index contributed by atoms with van der Waals surface area (Å²) in [5.74, 6) is -4.02. The highest BCUT2D eigenvalue weighted by Crippen LogP contribution is 2.33. The second kappa shape index (κ2) is 4.71. The summed E-state index contributed by atoms with van der Waals surface area (Å²) in [5.41, 5.74) is -0.687. The number of amides is 1. The third kappa shape index (κ3) is 2.36. The Bertz CT molecular complexity index is 523. The van der Waals surface area contributed by atoms with Crippen LogP contribution in [0.3, 0.4) is 0 Å². The highest BCUT2D eigenvalue weighted by atomic mass is 19.2. The summed E-state index contributed by atoms with van der Waals surface area (Å²) in [4.78, 5) is 16.5. The van der Waals surface area contributed by atoms with Gasteiger partial charge in [0, 0.05) is 26.2 Å². The zero-order chi connectivity index (χ0) is 14.2. The van der Waals surface area contributed by atoms with E-state index in [1.165, 1.54) is 11.9 Å². The molecule has 0 aliphatic carbocycles. The molecule has 0 spiro atoms. The van der Waals surface area contributed by atoms with Crippen molar-refractivity contribution in [2.45, 2.75) is 13.3 Å². The maximum absolute atomic E-state index is 13.6. The van der Waals surface area contributed by atoms with Gasteiger partial charge in [0.05, 0.1) is 5.41 Å². The normalized spacial score (nSPS) is 22.7. The molecular weight excluding hydrogens is 259 g/mol. The van der Waals surface area contributed by atoms with Crippen LogP contribution in [-0.2, 0) is 4.79 Å². The summed E-state index contributed by atoms with van der Waals surface area (Å²) in [6.45, 7) is 2.31.